The van der Waals surface area contributed by atoms with Crippen LogP contribution in [0.1, 0.15) is 46.7 Å². The van der Waals surface area contributed by atoms with Crippen molar-refractivity contribution in [2.45, 2.75) is 36.7 Å². The maximum atomic E-state index is 13.0. The SMILES string of the molecule is CS(=O)(=O)Cc1ccc(C(=O)NC2(c3cccc(C(F)(F)F)c3)CCC2)o1. The van der Waals surface area contributed by atoms with Gasteiger partial charge in [0.2, 0.25) is 0 Å². The molecule has 1 amide bonds. The van der Waals surface area contributed by atoms with Crippen molar-refractivity contribution in [2.24, 2.45) is 0 Å². The Morgan fingerprint density at radius 1 is 1.22 bits per heavy atom. The molecule has 1 aliphatic carbocycles. The third-order valence-corrected chi connectivity index (χ3v) is 5.40. The lowest BCUT2D eigenvalue weighted by Crippen LogP contribution is -2.50. The summed E-state index contributed by atoms with van der Waals surface area (Å²) in [6.07, 6.45) is -1.62. The van der Waals surface area contributed by atoms with Crippen LogP contribution in [0.15, 0.2) is 40.8 Å². The highest BCUT2D eigenvalue weighted by atomic mass is 32.2. The predicted octanol–water partition coefficient (Wildman–Crippen LogP) is 3.65. The molecule has 1 aromatic heterocycles. The molecular weight excluding hydrogens is 383 g/mol. The van der Waals surface area contributed by atoms with Crippen molar-refractivity contribution in [3.8, 4) is 0 Å². The number of sulfone groups is 1. The Hall–Kier alpha value is -2.29. The average molecular weight is 401 g/mol. The number of furan rings is 1. The van der Waals surface area contributed by atoms with E-state index in [2.05, 4.69) is 5.32 Å². The molecule has 27 heavy (non-hydrogen) atoms. The fraction of sp³-hybridized carbons (Fsp3) is 0.389. The van der Waals surface area contributed by atoms with Crippen LogP contribution in [0.5, 0.6) is 0 Å². The molecule has 146 valence electrons. The minimum Gasteiger partial charge on any atom is -0.455 e. The fourth-order valence-corrected chi connectivity index (χ4v) is 3.80. The van der Waals surface area contributed by atoms with Gasteiger partial charge < -0.3 is 9.73 Å². The quantitative estimate of drug-likeness (QED) is 0.830. The number of carbonyl (C=O) groups excluding carboxylic acids is 1. The number of amides is 1. The molecule has 0 saturated heterocycles. The maximum absolute atomic E-state index is 13.0. The van der Waals surface area contributed by atoms with Crippen molar-refractivity contribution in [1.82, 2.24) is 5.32 Å². The summed E-state index contributed by atoms with van der Waals surface area (Å²) in [4.78, 5) is 12.5. The van der Waals surface area contributed by atoms with E-state index in [0.29, 0.717) is 18.4 Å². The summed E-state index contributed by atoms with van der Waals surface area (Å²) in [6, 6.07) is 7.67. The maximum Gasteiger partial charge on any atom is 0.416 e. The topological polar surface area (TPSA) is 76.4 Å². The molecule has 0 unspecified atom stereocenters. The van der Waals surface area contributed by atoms with E-state index in [1.54, 1.807) is 6.07 Å². The molecule has 0 aliphatic heterocycles. The molecule has 0 spiro atoms. The highest BCUT2D eigenvalue weighted by Crippen LogP contribution is 2.43. The van der Waals surface area contributed by atoms with Gasteiger partial charge in [-0.25, -0.2) is 8.42 Å². The van der Waals surface area contributed by atoms with Crippen LogP contribution in [0.3, 0.4) is 0 Å². The number of halogens is 3. The first-order chi connectivity index (χ1) is 12.5. The predicted molar refractivity (Wildman–Crippen MR) is 91.7 cm³/mol. The van der Waals surface area contributed by atoms with Gasteiger partial charge in [0, 0.05) is 6.26 Å². The summed E-state index contributed by atoms with van der Waals surface area (Å²) >= 11 is 0. The van der Waals surface area contributed by atoms with E-state index in [4.69, 9.17) is 4.42 Å². The van der Waals surface area contributed by atoms with Crippen LogP contribution in [0, 0.1) is 0 Å². The molecule has 1 heterocycles. The van der Waals surface area contributed by atoms with E-state index in [1.165, 1.54) is 18.2 Å². The number of benzene rings is 1. The van der Waals surface area contributed by atoms with Crippen LogP contribution in [0.2, 0.25) is 0 Å². The van der Waals surface area contributed by atoms with Crippen molar-refractivity contribution in [2.75, 3.05) is 6.26 Å². The van der Waals surface area contributed by atoms with Crippen molar-refractivity contribution >= 4 is 15.7 Å². The molecule has 5 nitrogen and oxygen atoms in total. The first kappa shape index (κ1) is 19.5. The van der Waals surface area contributed by atoms with E-state index >= 15 is 0 Å². The second-order valence-corrected chi connectivity index (χ2v) is 8.94. The molecule has 3 rings (SSSR count). The third-order valence-electron chi connectivity index (χ3n) is 4.59. The van der Waals surface area contributed by atoms with Crippen molar-refractivity contribution in [3.63, 3.8) is 0 Å². The molecule has 1 fully saturated rings. The van der Waals surface area contributed by atoms with Crippen LogP contribution >= 0.6 is 0 Å². The summed E-state index contributed by atoms with van der Waals surface area (Å²) in [5.41, 5.74) is -1.27. The summed E-state index contributed by atoms with van der Waals surface area (Å²) in [6.45, 7) is 0. The number of hydrogen-bond donors (Lipinski definition) is 1. The van der Waals surface area contributed by atoms with Crippen LogP contribution in [0.4, 0.5) is 13.2 Å². The largest absolute Gasteiger partial charge is 0.455 e. The van der Waals surface area contributed by atoms with Gasteiger partial charge >= 0.3 is 6.18 Å². The van der Waals surface area contributed by atoms with E-state index in [-0.39, 0.29) is 17.3 Å². The Morgan fingerprint density at radius 3 is 2.48 bits per heavy atom. The fourth-order valence-electron chi connectivity index (χ4n) is 3.12. The average Bonchev–Trinajstić information content (AvgIpc) is 2.96. The first-order valence-electron chi connectivity index (χ1n) is 8.25. The highest BCUT2D eigenvalue weighted by molar-refractivity contribution is 7.89. The normalized spacial score (nSPS) is 16.6. The third kappa shape index (κ3) is 4.35. The lowest BCUT2D eigenvalue weighted by Gasteiger charge is -2.43. The van der Waals surface area contributed by atoms with Gasteiger partial charge in [0.1, 0.15) is 11.5 Å². The molecule has 1 aliphatic rings. The molecule has 1 N–H and O–H groups in total. The minimum absolute atomic E-state index is 0.0769. The van der Waals surface area contributed by atoms with Crippen LogP contribution < -0.4 is 5.32 Å². The standard InChI is InChI=1S/C18H18F3NO4S/c1-27(24,25)11-14-6-7-15(26-14)16(23)22-17(8-3-9-17)12-4-2-5-13(10-12)18(19,20)21/h2,4-7,10H,3,8-9,11H2,1H3,(H,22,23). The zero-order valence-electron chi connectivity index (χ0n) is 14.5. The second kappa shape index (κ2) is 6.70. The summed E-state index contributed by atoms with van der Waals surface area (Å²) in [5, 5.41) is 2.77. The number of rotatable bonds is 5. The number of alkyl halides is 3. The lowest BCUT2D eigenvalue weighted by atomic mass is 9.71. The Labute approximate surface area is 154 Å². The Bertz CT molecular complexity index is 959. The molecule has 1 saturated carbocycles. The van der Waals surface area contributed by atoms with Crippen molar-refractivity contribution in [1.29, 1.82) is 0 Å². The minimum atomic E-state index is -4.47. The summed E-state index contributed by atoms with van der Waals surface area (Å²) < 4.78 is 66.9. The monoisotopic (exact) mass is 401 g/mol. The smallest absolute Gasteiger partial charge is 0.416 e. The molecule has 2 aromatic rings. The molecule has 0 atom stereocenters. The van der Waals surface area contributed by atoms with Gasteiger partial charge in [-0.05, 0) is 49.1 Å². The van der Waals surface area contributed by atoms with E-state index < -0.39 is 33.0 Å². The van der Waals surface area contributed by atoms with Gasteiger partial charge in [-0.2, -0.15) is 13.2 Å². The van der Waals surface area contributed by atoms with Gasteiger partial charge in [0.15, 0.2) is 15.6 Å². The number of nitrogens with one attached hydrogen (secondary N) is 1. The molecule has 0 radical (unpaired) electrons. The van der Waals surface area contributed by atoms with Gasteiger partial charge in [-0.1, -0.05) is 12.1 Å². The zero-order chi connectivity index (χ0) is 19.9. The van der Waals surface area contributed by atoms with Crippen LogP contribution in [0.25, 0.3) is 0 Å². The van der Waals surface area contributed by atoms with E-state index in [0.717, 1.165) is 24.8 Å². The van der Waals surface area contributed by atoms with Crippen molar-refractivity contribution < 1.29 is 30.8 Å². The van der Waals surface area contributed by atoms with Crippen LogP contribution in [-0.4, -0.2) is 20.6 Å². The van der Waals surface area contributed by atoms with Gasteiger partial charge in [-0.15, -0.1) is 0 Å². The summed E-state index contributed by atoms with van der Waals surface area (Å²) in [5.74, 6) is -0.873. The second-order valence-electron chi connectivity index (χ2n) is 6.80. The summed E-state index contributed by atoms with van der Waals surface area (Å²) in [7, 11) is -3.31. The number of hydrogen-bond acceptors (Lipinski definition) is 4. The number of carbonyl (C=O) groups is 1. The lowest BCUT2D eigenvalue weighted by molar-refractivity contribution is -0.137. The molecule has 9 heteroatoms. The van der Waals surface area contributed by atoms with Gasteiger partial charge in [0.05, 0.1) is 11.1 Å². The zero-order valence-corrected chi connectivity index (χ0v) is 15.3. The van der Waals surface area contributed by atoms with E-state index in [9.17, 15) is 26.4 Å². The molecule has 1 aromatic carbocycles. The first-order valence-corrected chi connectivity index (χ1v) is 10.3. The Morgan fingerprint density at radius 2 is 1.93 bits per heavy atom. The van der Waals surface area contributed by atoms with Crippen molar-refractivity contribution in [3.05, 3.63) is 59.0 Å². The molecular formula is C18H18F3NO4S. The molecule has 0 bridgehead atoms. The Balaban J connectivity index is 1.82. The Kier molecular flexibility index (Phi) is 4.83. The van der Waals surface area contributed by atoms with Crippen LogP contribution in [-0.2, 0) is 27.3 Å². The van der Waals surface area contributed by atoms with Gasteiger partial charge in [0.25, 0.3) is 5.91 Å². The van der Waals surface area contributed by atoms with E-state index in [1.807, 2.05) is 0 Å². The highest BCUT2D eigenvalue weighted by Gasteiger charge is 2.42. The van der Waals surface area contributed by atoms with Gasteiger partial charge in [-0.3, -0.25) is 4.79 Å².